The van der Waals surface area contributed by atoms with E-state index in [4.69, 9.17) is 11.2 Å². The molecule has 4 heteroatoms. The minimum atomic E-state index is -0.878. The van der Waals surface area contributed by atoms with E-state index >= 15 is 0 Å². The highest BCUT2D eigenvalue weighted by molar-refractivity contribution is 5.79. The molecule has 224 valence electrons. The van der Waals surface area contributed by atoms with Crippen molar-refractivity contribution in [1.29, 1.82) is 0 Å². The van der Waals surface area contributed by atoms with Gasteiger partial charge in [0.15, 0.2) is 0 Å². The second kappa shape index (κ2) is 16.3. The lowest BCUT2D eigenvalue weighted by atomic mass is 9.89. The summed E-state index contributed by atoms with van der Waals surface area (Å²) in [6.45, 7) is 8.26. The first-order valence-corrected chi connectivity index (χ1v) is 15.4. The summed E-state index contributed by atoms with van der Waals surface area (Å²) < 4.78 is 5.33. The van der Waals surface area contributed by atoms with Crippen LogP contribution in [0.3, 0.4) is 0 Å². The number of carbonyl (C=O) groups excluding carboxylic acids is 1. The summed E-state index contributed by atoms with van der Waals surface area (Å²) in [6.07, 6.45) is 12.6. The normalized spacial score (nSPS) is 11.5. The third-order valence-electron chi connectivity index (χ3n) is 8.19. The van der Waals surface area contributed by atoms with E-state index in [2.05, 4.69) is 80.4 Å². The van der Waals surface area contributed by atoms with Crippen molar-refractivity contribution in [3.05, 3.63) is 94.0 Å². The van der Waals surface area contributed by atoms with Crippen LogP contribution in [-0.4, -0.2) is 36.0 Å². The topological polar surface area (TPSA) is 66.8 Å². The SMILES string of the molecule is C#CC(C)(C)C(=O)OCCCc1ccc(CCc2ccc(-c3ccc(CCC(CO)CO)cc3CC)c(CC)c2)cc1. The van der Waals surface area contributed by atoms with Crippen LogP contribution in [0, 0.1) is 23.7 Å². The van der Waals surface area contributed by atoms with Crippen molar-refractivity contribution in [1.82, 2.24) is 0 Å². The van der Waals surface area contributed by atoms with Crippen LogP contribution in [0.5, 0.6) is 0 Å². The van der Waals surface area contributed by atoms with Crippen LogP contribution >= 0.6 is 0 Å². The second-order valence-corrected chi connectivity index (χ2v) is 11.8. The van der Waals surface area contributed by atoms with E-state index in [1.165, 1.54) is 44.5 Å². The molecule has 3 rings (SSSR count). The smallest absolute Gasteiger partial charge is 0.323 e. The summed E-state index contributed by atoms with van der Waals surface area (Å²) in [7, 11) is 0. The number of aliphatic hydroxyl groups excluding tert-OH is 2. The fourth-order valence-electron chi connectivity index (χ4n) is 5.17. The summed E-state index contributed by atoms with van der Waals surface area (Å²) in [5, 5.41) is 18.8. The van der Waals surface area contributed by atoms with Gasteiger partial charge in [-0.05, 0) is 110 Å². The average Bonchev–Trinajstić information content (AvgIpc) is 3.02. The van der Waals surface area contributed by atoms with Crippen molar-refractivity contribution in [2.24, 2.45) is 11.3 Å². The molecule has 3 aromatic rings. The first-order chi connectivity index (χ1) is 20.2. The largest absolute Gasteiger partial charge is 0.465 e. The molecule has 0 aliphatic heterocycles. The molecule has 0 amide bonds. The molecule has 42 heavy (non-hydrogen) atoms. The number of ether oxygens (including phenoxy) is 1. The van der Waals surface area contributed by atoms with E-state index in [0.29, 0.717) is 6.61 Å². The lowest BCUT2D eigenvalue weighted by Gasteiger charge is -2.16. The fourth-order valence-corrected chi connectivity index (χ4v) is 5.17. The van der Waals surface area contributed by atoms with E-state index in [1.807, 2.05) is 0 Å². The molecule has 0 aliphatic rings. The first-order valence-electron chi connectivity index (χ1n) is 15.4. The minimum absolute atomic E-state index is 0.0279. The Hall–Kier alpha value is -3.39. The number of aliphatic hydroxyl groups is 2. The van der Waals surface area contributed by atoms with Crippen LogP contribution in [0.2, 0.25) is 0 Å². The van der Waals surface area contributed by atoms with Crippen LogP contribution in [0.1, 0.15) is 73.9 Å². The molecular weight excluding hydrogens is 520 g/mol. The van der Waals surface area contributed by atoms with Gasteiger partial charge in [0.1, 0.15) is 5.41 Å². The monoisotopic (exact) mass is 568 g/mol. The minimum Gasteiger partial charge on any atom is -0.465 e. The molecule has 0 saturated heterocycles. The molecule has 0 atom stereocenters. The Bertz CT molecular complexity index is 1330. The number of aryl methyl sites for hydroxylation is 6. The Morgan fingerprint density at radius 2 is 1.26 bits per heavy atom. The Morgan fingerprint density at radius 1 is 0.786 bits per heavy atom. The Kier molecular flexibility index (Phi) is 12.9. The van der Waals surface area contributed by atoms with E-state index in [-0.39, 0.29) is 25.1 Å². The summed E-state index contributed by atoms with van der Waals surface area (Å²) in [4.78, 5) is 12.0. The highest BCUT2D eigenvalue weighted by Crippen LogP contribution is 2.31. The Labute approximate surface area is 253 Å². The van der Waals surface area contributed by atoms with E-state index in [1.54, 1.807) is 13.8 Å². The number of esters is 1. The number of rotatable bonds is 16. The van der Waals surface area contributed by atoms with Gasteiger partial charge in [0, 0.05) is 19.1 Å². The van der Waals surface area contributed by atoms with Crippen molar-refractivity contribution < 1.29 is 19.7 Å². The number of hydrogen-bond acceptors (Lipinski definition) is 4. The maximum Gasteiger partial charge on any atom is 0.323 e. The molecule has 0 fully saturated rings. The number of benzene rings is 3. The highest BCUT2D eigenvalue weighted by Gasteiger charge is 2.26. The van der Waals surface area contributed by atoms with Gasteiger partial charge in [-0.1, -0.05) is 80.4 Å². The van der Waals surface area contributed by atoms with Crippen molar-refractivity contribution in [3.63, 3.8) is 0 Å². The predicted molar refractivity (Wildman–Crippen MR) is 172 cm³/mol. The van der Waals surface area contributed by atoms with Gasteiger partial charge in [-0.3, -0.25) is 4.79 Å². The summed E-state index contributed by atoms with van der Waals surface area (Å²) in [6, 6.07) is 22.4. The van der Waals surface area contributed by atoms with Crippen molar-refractivity contribution in [2.75, 3.05) is 19.8 Å². The van der Waals surface area contributed by atoms with E-state index in [0.717, 1.165) is 51.4 Å². The van der Waals surface area contributed by atoms with Crippen LogP contribution in [0.25, 0.3) is 11.1 Å². The zero-order chi connectivity index (χ0) is 30.5. The Balaban J connectivity index is 1.58. The van der Waals surface area contributed by atoms with Gasteiger partial charge in [0.05, 0.1) is 6.61 Å². The molecule has 0 unspecified atom stereocenters. The van der Waals surface area contributed by atoms with E-state index < -0.39 is 5.41 Å². The van der Waals surface area contributed by atoms with Crippen LogP contribution in [0.15, 0.2) is 60.7 Å². The summed E-state index contributed by atoms with van der Waals surface area (Å²) in [5.74, 6) is 2.08. The van der Waals surface area contributed by atoms with Crippen LogP contribution in [-0.2, 0) is 48.1 Å². The molecule has 0 bridgehead atoms. The molecule has 0 heterocycles. The summed E-state index contributed by atoms with van der Waals surface area (Å²) in [5.41, 5.74) is 9.62. The van der Waals surface area contributed by atoms with Gasteiger partial charge < -0.3 is 14.9 Å². The molecule has 0 saturated carbocycles. The number of hydrogen-bond donors (Lipinski definition) is 2. The van der Waals surface area contributed by atoms with Crippen molar-refractivity contribution in [3.8, 4) is 23.5 Å². The van der Waals surface area contributed by atoms with Crippen molar-refractivity contribution in [2.45, 2.75) is 79.1 Å². The van der Waals surface area contributed by atoms with Gasteiger partial charge in [-0.2, -0.15) is 0 Å². The molecular formula is C38H48O4. The fraction of sp³-hybridized carbons (Fsp3) is 0.447. The summed E-state index contributed by atoms with van der Waals surface area (Å²) >= 11 is 0. The molecule has 0 radical (unpaired) electrons. The first kappa shape index (κ1) is 33.1. The van der Waals surface area contributed by atoms with Crippen molar-refractivity contribution >= 4 is 5.97 Å². The van der Waals surface area contributed by atoms with Gasteiger partial charge >= 0.3 is 5.97 Å². The average molecular weight is 569 g/mol. The predicted octanol–water partition coefficient (Wildman–Crippen LogP) is 6.93. The third kappa shape index (κ3) is 9.31. The van der Waals surface area contributed by atoms with Gasteiger partial charge in [-0.15, -0.1) is 6.42 Å². The van der Waals surface area contributed by atoms with E-state index in [9.17, 15) is 15.0 Å². The molecule has 2 N–H and O–H groups in total. The maximum absolute atomic E-state index is 12.0. The standard InChI is InChI=1S/C38H48O4/c1-6-33-24-30(16-15-29-13-11-28(12-14-29)10-9-23-42-37(41)38(4,5)8-3)19-21-35(33)36-22-20-31(25-34(36)7-2)17-18-32(26-39)27-40/h3,11-14,19-22,24-25,32,39-40H,6-7,9-10,15-18,23,26-27H2,1-2,4-5H3. The molecule has 0 aromatic heterocycles. The number of carbonyl (C=O) groups is 1. The second-order valence-electron chi connectivity index (χ2n) is 11.8. The zero-order valence-electron chi connectivity index (χ0n) is 25.9. The lowest BCUT2D eigenvalue weighted by Crippen LogP contribution is -2.25. The van der Waals surface area contributed by atoms with Gasteiger partial charge in [0.2, 0.25) is 0 Å². The van der Waals surface area contributed by atoms with Crippen LogP contribution in [0.4, 0.5) is 0 Å². The molecule has 3 aromatic carbocycles. The van der Waals surface area contributed by atoms with Gasteiger partial charge in [0.25, 0.3) is 0 Å². The lowest BCUT2D eigenvalue weighted by molar-refractivity contribution is -0.150. The molecule has 0 aliphatic carbocycles. The van der Waals surface area contributed by atoms with Crippen LogP contribution < -0.4 is 0 Å². The highest BCUT2D eigenvalue weighted by atomic mass is 16.5. The molecule has 4 nitrogen and oxygen atoms in total. The molecule has 0 spiro atoms. The Morgan fingerprint density at radius 3 is 1.76 bits per heavy atom. The maximum atomic E-state index is 12.0. The van der Waals surface area contributed by atoms with Gasteiger partial charge in [-0.25, -0.2) is 0 Å². The third-order valence-corrected chi connectivity index (χ3v) is 8.19. The zero-order valence-corrected chi connectivity index (χ0v) is 25.9. The quantitative estimate of drug-likeness (QED) is 0.112. The number of terminal acetylenes is 1.